The number of carbonyl (C=O) groups is 2. The fraction of sp³-hybridized carbons (Fsp3) is 0.294. The van der Waals surface area contributed by atoms with Crippen molar-refractivity contribution in [3.8, 4) is 17.2 Å². The zero-order chi connectivity index (χ0) is 18.7. The van der Waals surface area contributed by atoms with Gasteiger partial charge in [0.25, 0.3) is 0 Å². The third-order valence-corrected chi connectivity index (χ3v) is 3.82. The average molecular weight is 349 g/mol. The van der Waals surface area contributed by atoms with E-state index in [0.717, 1.165) is 0 Å². The Morgan fingerprint density at radius 2 is 1.36 bits per heavy atom. The number of carboxylic acid groups (broad SMARTS) is 2. The van der Waals surface area contributed by atoms with Gasteiger partial charge in [-0.25, -0.2) is 9.59 Å². The lowest BCUT2D eigenvalue weighted by molar-refractivity contribution is -0.133. The van der Waals surface area contributed by atoms with E-state index in [0.29, 0.717) is 22.8 Å². The van der Waals surface area contributed by atoms with Crippen LogP contribution in [0.4, 0.5) is 0 Å². The molecule has 0 radical (unpaired) electrons. The molecule has 8 heteroatoms. The van der Waals surface area contributed by atoms with E-state index in [4.69, 9.17) is 14.2 Å². The van der Waals surface area contributed by atoms with Crippen molar-refractivity contribution in [2.24, 2.45) is 0 Å². The van der Waals surface area contributed by atoms with E-state index in [1.165, 1.54) is 38.6 Å². The molecule has 0 fully saturated rings. The summed E-state index contributed by atoms with van der Waals surface area (Å²) in [5.41, 5.74) is 0.262. The lowest BCUT2D eigenvalue weighted by atomic mass is 9.83. The van der Waals surface area contributed by atoms with Gasteiger partial charge in [0.05, 0.1) is 38.4 Å². The first-order valence-corrected chi connectivity index (χ1v) is 7.25. The topological polar surface area (TPSA) is 106 Å². The third-order valence-electron chi connectivity index (χ3n) is 3.82. The average Bonchev–Trinajstić information content (AvgIpc) is 2.59. The molecule has 0 amide bonds. The molecular formula is C17H19NO7. The van der Waals surface area contributed by atoms with E-state index in [9.17, 15) is 19.8 Å². The number of aliphatic carboxylic acids is 2. The summed E-state index contributed by atoms with van der Waals surface area (Å²) in [4.78, 5) is 24.8. The van der Waals surface area contributed by atoms with Crippen molar-refractivity contribution in [3.05, 3.63) is 41.2 Å². The minimum absolute atomic E-state index is 0.0725. The van der Waals surface area contributed by atoms with Gasteiger partial charge in [-0.05, 0) is 17.7 Å². The minimum atomic E-state index is -1.21. The maximum Gasteiger partial charge on any atom is 0.334 e. The predicted molar refractivity (Wildman–Crippen MR) is 88.0 cm³/mol. The first-order chi connectivity index (χ1) is 11.8. The number of ether oxygens (including phenoxy) is 3. The number of methoxy groups -OCH3 is 3. The standard InChI is InChI=1S/C17H19NO7/c1-18-7-10(16(19)20)14(11(8-18)17(21)22)9-5-12(23-2)15(25-4)13(6-9)24-3/h5-8,14H,1-4H3,(H,19,20)(H,21,22). The van der Waals surface area contributed by atoms with Crippen molar-refractivity contribution in [3.63, 3.8) is 0 Å². The lowest BCUT2D eigenvalue weighted by Gasteiger charge is -2.27. The number of carboxylic acids is 2. The fourth-order valence-electron chi connectivity index (χ4n) is 2.78. The molecule has 1 aromatic rings. The third kappa shape index (κ3) is 3.37. The summed E-state index contributed by atoms with van der Waals surface area (Å²) < 4.78 is 15.8. The Kier molecular flexibility index (Phi) is 5.21. The number of rotatable bonds is 6. The van der Waals surface area contributed by atoms with Gasteiger partial charge in [0.2, 0.25) is 5.75 Å². The summed E-state index contributed by atoms with van der Waals surface area (Å²) in [5, 5.41) is 19.1. The van der Waals surface area contributed by atoms with E-state index < -0.39 is 17.9 Å². The molecule has 0 saturated heterocycles. The van der Waals surface area contributed by atoms with E-state index >= 15 is 0 Å². The van der Waals surface area contributed by atoms with Gasteiger partial charge in [-0.15, -0.1) is 0 Å². The Bertz CT molecular complexity index is 709. The molecule has 0 atom stereocenters. The molecule has 1 aliphatic rings. The zero-order valence-corrected chi connectivity index (χ0v) is 14.3. The van der Waals surface area contributed by atoms with Crippen molar-refractivity contribution >= 4 is 11.9 Å². The van der Waals surface area contributed by atoms with Crippen molar-refractivity contribution in [1.29, 1.82) is 0 Å². The number of hydrogen-bond donors (Lipinski definition) is 2. The molecule has 1 aromatic carbocycles. The second-order valence-electron chi connectivity index (χ2n) is 5.34. The Morgan fingerprint density at radius 3 is 1.68 bits per heavy atom. The molecule has 0 aromatic heterocycles. The maximum absolute atomic E-state index is 11.7. The first kappa shape index (κ1) is 18.2. The highest BCUT2D eigenvalue weighted by molar-refractivity contribution is 5.97. The van der Waals surface area contributed by atoms with E-state index in [2.05, 4.69) is 0 Å². The Labute approximate surface area is 144 Å². The Hall–Kier alpha value is -3.16. The highest BCUT2D eigenvalue weighted by Gasteiger charge is 2.34. The highest BCUT2D eigenvalue weighted by Crippen LogP contribution is 2.44. The molecule has 8 nitrogen and oxygen atoms in total. The Morgan fingerprint density at radius 1 is 0.920 bits per heavy atom. The van der Waals surface area contributed by atoms with Crippen LogP contribution in [0.3, 0.4) is 0 Å². The SMILES string of the molecule is COc1cc(C2C(C(=O)O)=CN(C)C=C2C(=O)O)cc(OC)c1OC. The molecule has 0 unspecified atom stereocenters. The monoisotopic (exact) mass is 349 g/mol. The van der Waals surface area contributed by atoms with Gasteiger partial charge in [-0.1, -0.05) is 0 Å². The van der Waals surface area contributed by atoms with Crippen LogP contribution in [0.25, 0.3) is 0 Å². The van der Waals surface area contributed by atoms with Crippen LogP contribution >= 0.6 is 0 Å². The fourth-order valence-corrected chi connectivity index (χ4v) is 2.78. The number of benzene rings is 1. The molecular weight excluding hydrogens is 330 g/mol. The molecule has 1 aliphatic heterocycles. The van der Waals surface area contributed by atoms with Gasteiger partial charge >= 0.3 is 11.9 Å². The Balaban J connectivity index is 2.71. The van der Waals surface area contributed by atoms with Crippen LogP contribution in [0, 0.1) is 0 Å². The van der Waals surface area contributed by atoms with Crippen LogP contribution in [-0.4, -0.2) is 55.4 Å². The largest absolute Gasteiger partial charge is 0.493 e. The molecule has 0 bridgehead atoms. The van der Waals surface area contributed by atoms with Crippen LogP contribution in [0.15, 0.2) is 35.7 Å². The first-order valence-electron chi connectivity index (χ1n) is 7.25. The number of nitrogens with zero attached hydrogens (tertiary/aromatic N) is 1. The summed E-state index contributed by atoms with van der Waals surface area (Å²) in [6, 6.07) is 3.09. The van der Waals surface area contributed by atoms with Gasteiger partial charge < -0.3 is 29.3 Å². The van der Waals surface area contributed by atoms with Crippen molar-refractivity contribution < 1.29 is 34.0 Å². The van der Waals surface area contributed by atoms with Gasteiger partial charge in [-0.3, -0.25) is 0 Å². The second-order valence-corrected chi connectivity index (χ2v) is 5.34. The van der Waals surface area contributed by atoms with Crippen LogP contribution in [0.1, 0.15) is 11.5 Å². The highest BCUT2D eigenvalue weighted by atomic mass is 16.5. The van der Waals surface area contributed by atoms with Crippen LogP contribution in [-0.2, 0) is 9.59 Å². The maximum atomic E-state index is 11.7. The molecule has 0 spiro atoms. The van der Waals surface area contributed by atoms with Gasteiger partial charge in [0, 0.05) is 19.4 Å². The summed E-state index contributed by atoms with van der Waals surface area (Å²) >= 11 is 0. The lowest BCUT2D eigenvalue weighted by Crippen LogP contribution is -2.26. The van der Waals surface area contributed by atoms with Crippen LogP contribution in [0.2, 0.25) is 0 Å². The zero-order valence-electron chi connectivity index (χ0n) is 14.3. The predicted octanol–water partition coefficient (Wildman–Crippen LogP) is 1.68. The molecule has 134 valence electrons. The van der Waals surface area contributed by atoms with E-state index in [1.54, 1.807) is 19.2 Å². The molecule has 25 heavy (non-hydrogen) atoms. The number of hydrogen-bond acceptors (Lipinski definition) is 6. The molecule has 2 rings (SSSR count). The quantitative estimate of drug-likeness (QED) is 0.799. The second kappa shape index (κ2) is 7.16. The normalized spacial score (nSPS) is 14.5. The van der Waals surface area contributed by atoms with E-state index in [-0.39, 0.29) is 11.1 Å². The van der Waals surface area contributed by atoms with Crippen LogP contribution < -0.4 is 14.2 Å². The van der Waals surface area contributed by atoms with Gasteiger partial charge in [0.1, 0.15) is 0 Å². The van der Waals surface area contributed by atoms with Gasteiger partial charge in [-0.2, -0.15) is 0 Å². The summed E-state index contributed by atoms with van der Waals surface area (Å²) in [6.45, 7) is 0. The van der Waals surface area contributed by atoms with Crippen LogP contribution in [0.5, 0.6) is 17.2 Å². The minimum Gasteiger partial charge on any atom is -0.493 e. The van der Waals surface area contributed by atoms with Crippen molar-refractivity contribution in [2.75, 3.05) is 28.4 Å². The smallest absolute Gasteiger partial charge is 0.334 e. The molecule has 0 saturated carbocycles. The van der Waals surface area contributed by atoms with Crippen molar-refractivity contribution in [2.45, 2.75) is 5.92 Å². The van der Waals surface area contributed by atoms with Crippen molar-refractivity contribution in [1.82, 2.24) is 4.90 Å². The molecule has 1 heterocycles. The van der Waals surface area contributed by atoms with E-state index in [1.807, 2.05) is 0 Å². The van der Waals surface area contributed by atoms with Gasteiger partial charge in [0.15, 0.2) is 11.5 Å². The summed E-state index contributed by atoms with van der Waals surface area (Å²) in [5.74, 6) is -2.45. The molecule has 2 N–H and O–H groups in total. The summed E-state index contributed by atoms with van der Waals surface area (Å²) in [6.07, 6.45) is 2.76. The molecule has 0 aliphatic carbocycles. The summed E-state index contributed by atoms with van der Waals surface area (Å²) in [7, 11) is 5.87.